The summed E-state index contributed by atoms with van der Waals surface area (Å²) in [5.74, 6) is 2.00. The normalized spacial score (nSPS) is 13.2. The number of nitrogens with one attached hydrogen (secondary N) is 2. The number of likely N-dealkylation sites (N-methyl/N-ethyl adjacent to an activating group) is 1. The first-order valence-corrected chi connectivity index (χ1v) is 14.0. The molecule has 1 fully saturated rings. The molecule has 1 aliphatic rings. The molecule has 1 heterocycles. The molecule has 0 atom stereocenters. The molecule has 4 rings (SSSR count). The van der Waals surface area contributed by atoms with E-state index in [9.17, 15) is 14.4 Å². The van der Waals surface area contributed by atoms with E-state index in [1.54, 1.807) is 50.4 Å². The van der Waals surface area contributed by atoms with Gasteiger partial charge in [0.15, 0.2) is 0 Å². The second kappa shape index (κ2) is 15.4. The van der Waals surface area contributed by atoms with Gasteiger partial charge in [-0.1, -0.05) is 24.3 Å². The highest BCUT2D eigenvalue weighted by atomic mass is 16.5. The van der Waals surface area contributed by atoms with Crippen molar-refractivity contribution in [1.29, 1.82) is 0 Å². The molecule has 0 saturated carbocycles. The van der Waals surface area contributed by atoms with E-state index in [2.05, 4.69) is 10.6 Å². The third kappa shape index (κ3) is 9.08. The molecule has 3 aromatic rings. The second-order valence-electron chi connectivity index (χ2n) is 9.82. The number of carbonyl (C=O) groups excluding carboxylic acids is 3. The molecule has 0 unspecified atom stereocenters. The maximum absolute atomic E-state index is 12.7. The molecule has 3 aromatic carbocycles. The van der Waals surface area contributed by atoms with Crippen LogP contribution in [0.1, 0.15) is 23.1 Å². The first kappa shape index (κ1) is 31.1. The maximum Gasteiger partial charge on any atom is 0.251 e. The Labute approximate surface area is 251 Å². The van der Waals surface area contributed by atoms with Crippen LogP contribution in [0.15, 0.2) is 66.7 Å². The molecule has 10 heteroatoms. The van der Waals surface area contributed by atoms with Crippen LogP contribution in [0.2, 0.25) is 0 Å². The summed E-state index contributed by atoms with van der Waals surface area (Å²) in [5, 5.41) is 5.40. The van der Waals surface area contributed by atoms with Crippen molar-refractivity contribution < 1.29 is 33.3 Å². The van der Waals surface area contributed by atoms with Crippen molar-refractivity contribution in [2.45, 2.75) is 12.8 Å². The largest absolute Gasteiger partial charge is 0.497 e. The Balaban J connectivity index is 1.33. The average molecular weight is 588 g/mol. The number of carbonyl (C=O) groups is 3. The van der Waals surface area contributed by atoms with Crippen molar-refractivity contribution in [2.75, 3.05) is 54.1 Å². The van der Waals surface area contributed by atoms with Crippen molar-refractivity contribution in [1.82, 2.24) is 15.5 Å². The van der Waals surface area contributed by atoms with Gasteiger partial charge in [-0.2, -0.15) is 0 Å². The van der Waals surface area contributed by atoms with Gasteiger partial charge in [-0.3, -0.25) is 14.4 Å². The summed E-state index contributed by atoms with van der Waals surface area (Å²) in [4.78, 5) is 38.9. The van der Waals surface area contributed by atoms with Gasteiger partial charge in [-0.15, -0.1) is 0 Å². The van der Waals surface area contributed by atoms with Crippen LogP contribution in [0.4, 0.5) is 0 Å². The van der Waals surface area contributed by atoms with Gasteiger partial charge < -0.3 is 34.5 Å². The highest BCUT2D eigenvalue weighted by molar-refractivity contribution is 6.24. The molecular formula is C33H37N3O7. The van der Waals surface area contributed by atoms with Crippen LogP contribution >= 0.6 is 0 Å². The molecule has 10 nitrogen and oxygen atoms in total. The molecule has 0 bridgehead atoms. The number of hydrogen-bond acceptors (Lipinski definition) is 7. The number of rotatable bonds is 12. The van der Waals surface area contributed by atoms with E-state index in [4.69, 9.17) is 18.9 Å². The van der Waals surface area contributed by atoms with Gasteiger partial charge in [-0.25, -0.2) is 0 Å². The molecule has 3 amide bonds. The Kier molecular flexibility index (Phi) is 11.2. The monoisotopic (exact) mass is 587 g/mol. The molecule has 0 aromatic heterocycles. The summed E-state index contributed by atoms with van der Waals surface area (Å²) in [6, 6.07) is 20.2. The minimum Gasteiger partial charge on any atom is -0.497 e. The topological polar surface area (TPSA) is 115 Å². The van der Waals surface area contributed by atoms with E-state index in [-0.39, 0.29) is 30.7 Å². The molecule has 226 valence electrons. The van der Waals surface area contributed by atoms with Crippen LogP contribution in [-0.4, -0.2) is 76.7 Å². The standard InChI is InChI=1S/C33H37N3O7/c1-34-33(39)30(20-24-18-28(40-2)21-29(19-24)41-3)25-7-11-27(12-8-25)43-26-9-4-23(5-10-26)6-13-31(37)35-22-32(38)36-14-16-42-17-15-36/h4-5,7-12,18-21H,6,13-17,22H2,1-3H3,(H,34,39)(H,35,37)/b30-20+. The van der Waals surface area contributed by atoms with Crippen molar-refractivity contribution in [3.8, 4) is 23.0 Å². The van der Waals surface area contributed by atoms with E-state index in [1.165, 1.54) is 0 Å². The van der Waals surface area contributed by atoms with Gasteiger partial charge in [0.05, 0.1) is 34.0 Å². The third-order valence-electron chi connectivity index (χ3n) is 6.92. The molecule has 1 saturated heterocycles. The van der Waals surface area contributed by atoms with Crippen LogP contribution in [0.25, 0.3) is 11.6 Å². The maximum atomic E-state index is 12.7. The van der Waals surface area contributed by atoms with Crippen LogP contribution < -0.4 is 24.8 Å². The highest BCUT2D eigenvalue weighted by Gasteiger charge is 2.17. The molecule has 0 radical (unpaired) electrons. The van der Waals surface area contributed by atoms with E-state index in [0.717, 1.165) is 11.1 Å². The molecule has 1 aliphatic heterocycles. The molecule has 0 spiro atoms. The Morgan fingerprint density at radius 3 is 2.05 bits per heavy atom. The van der Waals surface area contributed by atoms with Crippen LogP contribution in [-0.2, 0) is 25.5 Å². The van der Waals surface area contributed by atoms with E-state index in [0.29, 0.717) is 66.9 Å². The van der Waals surface area contributed by atoms with E-state index in [1.807, 2.05) is 48.5 Å². The first-order chi connectivity index (χ1) is 20.9. The zero-order valence-electron chi connectivity index (χ0n) is 24.7. The summed E-state index contributed by atoms with van der Waals surface area (Å²) in [5.41, 5.74) is 2.93. The van der Waals surface area contributed by atoms with Gasteiger partial charge in [-0.05, 0) is 65.6 Å². The first-order valence-electron chi connectivity index (χ1n) is 14.0. The third-order valence-corrected chi connectivity index (χ3v) is 6.92. The fourth-order valence-electron chi connectivity index (χ4n) is 4.50. The minimum atomic E-state index is -0.233. The number of nitrogens with zero attached hydrogens (tertiary/aromatic N) is 1. The average Bonchev–Trinajstić information content (AvgIpc) is 3.06. The van der Waals surface area contributed by atoms with Gasteiger partial charge in [0.1, 0.15) is 23.0 Å². The van der Waals surface area contributed by atoms with Gasteiger partial charge in [0.25, 0.3) is 5.91 Å². The Bertz CT molecular complexity index is 1410. The zero-order valence-corrected chi connectivity index (χ0v) is 24.7. The number of aryl methyl sites for hydroxylation is 1. The van der Waals surface area contributed by atoms with Gasteiger partial charge in [0.2, 0.25) is 11.8 Å². The lowest BCUT2D eigenvalue weighted by Gasteiger charge is -2.26. The molecule has 2 N–H and O–H groups in total. The van der Waals surface area contributed by atoms with Crippen molar-refractivity contribution >= 4 is 29.4 Å². The van der Waals surface area contributed by atoms with Crippen molar-refractivity contribution in [2.24, 2.45) is 0 Å². The number of methoxy groups -OCH3 is 2. The predicted molar refractivity (Wildman–Crippen MR) is 163 cm³/mol. The Morgan fingerprint density at radius 1 is 0.860 bits per heavy atom. The minimum absolute atomic E-state index is 0.000549. The number of hydrogen-bond donors (Lipinski definition) is 2. The zero-order chi connectivity index (χ0) is 30.6. The quantitative estimate of drug-likeness (QED) is 0.245. The number of ether oxygens (including phenoxy) is 4. The number of benzene rings is 3. The second-order valence-corrected chi connectivity index (χ2v) is 9.82. The lowest BCUT2D eigenvalue weighted by molar-refractivity contribution is -0.136. The van der Waals surface area contributed by atoms with E-state index >= 15 is 0 Å². The number of morpholine rings is 1. The van der Waals surface area contributed by atoms with Crippen LogP contribution in [0.5, 0.6) is 23.0 Å². The SMILES string of the molecule is CNC(=O)/C(=C/c1cc(OC)cc(OC)c1)c1ccc(Oc2ccc(CCC(=O)NCC(=O)N3CCOCC3)cc2)cc1. The predicted octanol–water partition coefficient (Wildman–Crippen LogP) is 3.69. The summed E-state index contributed by atoms with van der Waals surface area (Å²) in [6.45, 7) is 2.17. The van der Waals surface area contributed by atoms with Crippen molar-refractivity contribution in [3.63, 3.8) is 0 Å². The highest BCUT2D eigenvalue weighted by Crippen LogP contribution is 2.28. The van der Waals surface area contributed by atoms with Crippen LogP contribution in [0, 0.1) is 0 Å². The molecule has 43 heavy (non-hydrogen) atoms. The smallest absolute Gasteiger partial charge is 0.251 e. The van der Waals surface area contributed by atoms with Gasteiger partial charge >= 0.3 is 0 Å². The summed E-state index contributed by atoms with van der Waals surface area (Å²) in [7, 11) is 4.74. The van der Waals surface area contributed by atoms with Crippen LogP contribution in [0.3, 0.4) is 0 Å². The molecular weight excluding hydrogens is 550 g/mol. The van der Waals surface area contributed by atoms with Crippen molar-refractivity contribution in [3.05, 3.63) is 83.4 Å². The summed E-state index contributed by atoms with van der Waals surface area (Å²) in [6.07, 6.45) is 2.60. The fraction of sp³-hybridized carbons (Fsp3) is 0.303. The van der Waals surface area contributed by atoms with Gasteiger partial charge in [0, 0.05) is 38.2 Å². The Morgan fingerprint density at radius 2 is 1.47 bits per heavy atom. The lowest BCUT2D eigenvalue weighted by atomic mass is 10.0. The fourth-order valence-corrected chi connectivity index (χ4v) is 4.50. The van der Waals surface area contributed by atoms with E-state index < -0.39 is 0 Å². The summed E-state index contributed by atoms with van der Waals surface area (Å²) < 4.78 is 22.0. The Hall–Kier alpha value is -4.83. The lowest BCUT2D eigenvalue weighted by Crippen LogP contribution is -2.45. The number of amides is 3. The molecule has 0 aliphatic carbocycles. The summed E-state index contributed by atoms with van der Waals surface area (Å²) >= 11 is 0.